The second-order valence-corrected chi connectivity index (χ2v) is 12.7. The van der Waals surface area contributed by atoms with E-state index >= 15 is 0 Å². The first-order valence-electron chi connectivity index (χ1n) is 14.8. The van der Waals surface area contributed by atoms with Crippen LogP contribution in [0.1, 0.15) is 48.9 Å². The Bertz CT molecular complexity index is 1980. The average Bonchev–Trinajstić information content (AvgIpc) is 3.49. The Morgan fingerprint density at radius 3 is 2.17 bits per heavy atom. The molecule has 0 saturated heterocycles. The highest BCUT2D eigenvalue weighted by molar-refractivity contribution is 6.08. The Morgan fingerprint density at radius 1 is 0.857 bits per heavy atom. The molecule has 4 heteroatoms. The Morgan fingerprint density at radius 2 is 1.50 bits per heavy atom. The Hall–Kier alpha value is -4.44. The fourth-order valence-corrected chi connectivity index (χ4v) is 7.75. The minimum atomic E-state index is -0.267. The van der Waals surface area contributed by atoms with Crippen molar-refractivity contribution in [3.63, 3.8) is 0 Å². The highest BCUT2D eigenvalue weighted by Crippen LogP contribution is 2.50. The second kappa shape index (κ2) is 9.29. The van der Waals surface area contributed by atoms with E-state index in [1.807, 2.05) is 6.92 Å². The molecule has 210 valence electrons. The number of aryl methyl sites for hydroxylation is 2. The molecule has 4 aromatic carbocycles. The third-order valence-electron chi connectivity index (χ3n) is 9.86. The molecule has 3 heterocycles. The summed E-state index contributed by atoms with van der Waals surface area (Å²) in [6.45, 7) is 11.2. The van der Waals surface area contributed by atoms with Crippen LogP contribution >= 0.6 is 0 Å². The number of rotatable bonds is 4. The van der Waals surface area contributed by atoms with Crippen molar-refractivity contribution in [3.8, 4) is 0 Å². The van der Waals surface area contributed by atoms with Crippen LogP contribution in [0.15, 0.2) is 101 Å². The van der Waals surface area contributed by atoms with Crippen molar-refractivity contribution < 1.29 is 9.10 Å². The fraction of sp³-hybridized carbons (Fsp3) is 0.263. The van der Waals surface area contributed by atoms with Crippen LogP contribution in [0.3, 0.4) is 0 Å². The summed E-state index contributed by atoms with van der Waals surface area (Å²) < 4.78 is 8.00. The maximum Gasteiger partial charge on any atom is 0.210 e. The third kappa shape index (κ3) is 3.67. The largest absolute Gasteiger partial charge is 0.361 e. The van der Waals surface area contributed by atoms with E-state index in [-0.39, 0.29) is 10.8 Å². The first-order chi connectivity index (χ1) is 20.1. The number of allylic oxidation sites excluding steroid dienone is 4. The van der Waals surface area contributed by atoms with Gasteiger partial charge in [-0.3, -0.25) is 0 Å². The van der Waals surface area contributed by atoms with Crippen molar-refractivity contribution in [2.45, 2.75) is 51.9 Å². The zero-order valence-corrected chi connectivity index (χ0v) is 25.6. The molecule has 0 radical (unpaired) electrons. The molecular formula is C38H38N3O+. The van der Waals surface area contributed by atoms with Crippen LogP contribution in [0.5, 0.6) is 0 Å². The topological polar surface area (TPSA) is 32.3 Å². The van der Waals surface area contributed by atoms with Crippen LogP contribution in [0, 0.1) is 13.8 Å². The van der Waals surface area contributed by atoms with Crippen LogP contribution in [-0.4, -0.2) is 29.5 Å². The van der Waals surface area contributed by atoms with Crippen LogP contribution in [0.2, 0.25) is 0 Å². The van der Waals surface area contributed by atoms with E-state index in [0.29, 0.717) is 0 Å². The van der Waals surface area contributed by atoms with Gasteiger partial charge in [-0.05, 0) is 72.5 Å². The van der Waals surface area contributed by atoms with E-state index in [1.54, 1.807) is 0 Å². The normalized spacial score (nSPS) is 20.5. The molecule has 1 atom stereocenters. The Labute approximate surface area is 248 Å². The number of hydrogen-bond donors (Lipinski definition) is 0. The van der Waals surface area contributed by atoms with Gasteiger partial charge in [-0.15, -0.1) is 0 Å². The van der Waals surface area contributed by atoms with E-state index in [1.165, 1.54) is 61.0 Å². The lowest BCUT2D eigenvalue weighted by Gasteiger charge is -2.25. The van der Waals surface area contributed by atoms with Crippen LogP contribution in [-0.2, 0) is 17.3 Å². The molecule has 4 nitrogen and oxygen atoms in total. The lowest BCUT2D eigenvalue weighted by atomic mass is 9.72. The predicted octanol–water partition coefficient (Wildman–Crippen LogP) is 8.69. The van der Waals surface area contributed by atoms with Gasteiger partial charge in [-0.2, -0.15) is 4.58 Å². The van der Waals surface area contributed by atoms with Crippen LogP contribution in [0.25, 0.3) is 21.5 Å². The summed E-state index contributed by atoms with van der Waals surface area (Å²) in [6, 6.07) is 26.5. The van der Waals surface area contributed by atoms with Gasteiger partial charge in [-0.25, -0.2) is 0 Å². The number of likely N-dealkylation sites (N-methyl/N-ethyl adjacent to an activating group) is 1. The van der Waals surface area contributed by atoms with Crippen molar-refractivity contribution >= 4 is 38.6 Å². The monoisotopic (exact) mass is 552 g/mol. The van der Waals surface area contributed by atoms with E-state index in [4.69, 9.17) is 4.52 Å². The van der Waals surface area contributed by atoms with Crippen molar-refractivity contribution in [1.82, 2.24) is 5.16 Å². The molecule has 2 aliphatic heterocycles. The van der Waals surface area contributed by atoms with Gasteiger partial charge >= 0.3 is 0 Å². The van der Waals surface area contributed by atoms with Gasteiger partial charge in [0.05, 0.1) is 11.1 Å². The molecule has 0 fully saturated rings. The molecule has 42 heavy (non-hydrogen) atoms. The van der Waals surface area contributed by atoms with Crippen LogP contribution in [0.4, 0.5) is 11.4 Å². The zero-order valence-electron chi connectivity index (χ0n) is 25.6. The average molecular weight is 553 g/mol. The predicted molar refractivity (Wildman–Crippen MR) is 174 cm³/mol. The maximum absolute atomic E-state index is 5.63. The summed E-state index contributed by atoms with van der Waals surface area (Å²) in [5, 5.41) is 9.49. The van der Waals surface area contributed by atoms with E-state index in [9.17, 15) is 0 Å². The molecule has 2 aliphatic rings. The van der Waals surface area contributed by atoms with Crippen molar-refractivity contribution in [2.24, 2.45) is 0 Å². The van der Waals surface area contributed by atoms with E-state index in [0.717, 1.165) is 17.9 Å². The molecule has 5 aromatic rings. The number of hydrogen-bond acceptors (Lipinski definition) is 3. The highest BCUT2D eigenvalue weighted by Gasteiger charge is 2.48. The standard InChI is InChI=1S/C38H38N3O/c1-24-30(25(2)42-39-24)23-38(5)34(41(7)32-22-20-27-14-9-11-16-29(27)36(32)38)18-12-17-33-37(3,4)35-28-15-10-8-13-26(28)19-21-31(35)40(33)6/h8-22H,23H2,1-7H3/q+1. The Balaban J connectivity index is 1.35. The first-order valence-corrected chi connectivity index (χ1v) is 14.8. The van der Waals surface area contributed by atoms with Gasteiger partial charge in [0.2, 0.25) is 5.69 Å². The summed E-state index contributed by atoms with van der Waals surface area (Å²) >= 11 is 0. The minimum Gasteiger partial charge on any atom is -0.361 e. The molecule has 1 aromatic heterocycles. The molecular weight excluding hydrogens is 514 g/mol. The molecule has 0 saturated carbocycles. The quantitative estimate of drug-likeness (QED) is 0.209. The number of fused-ring (bicyclic) bond motifs is 6. The van der Waals surface area contributed by atoms with Gasteiger partial charge in [0.15, 0.2) is 5.71 Å². The van der Waals surface area contributed by atoms with Gasteiger partial charge in [0.1, 0.15) is 12.8 Å². The SMILES string of the molecule is Cc1noc(C)c1CC1(C)C(/C=C/C=C2/N(C)c3ccc4ccccc4c3C2(C)C)=[N+](C)c2ccc3ccccc3c21. The fourth-order valence-electron chi connectivity index (χ4n) is 7.75. The summed E-state index contributed by atoms with van der Waals surface area (Å²) in [5.74, 6) is 0.898. The van der Waals surface area contributed by atoms with Gasteiger partial charge < -0.3 is 9.42 Å². The lowest BCUT2D eigenvalue weighted by Crippen LogP contribution is -2.33. The third-order valence-corrected chi connectivity index (χ3v) is 9.86. The van der Waals surface area contributed by atoms with Crippen molar-refractivity contribution in [1.29, 1.82) is 0 Å². The molecule has 0 aliphatic carbocycles. The van der Waals surface area contributed by atoms with Crippen molar-refractivity contribution in [3.05, 3.63) is 125 Å². The smallest absolute Gasteiger partial charge is 0.210 e. The number of anilines is 1. The van der Waals surface area contributed by atoms with E-state index in [2.05, 4.69) is 147 Å². The summed E-state index contributed by atoms with van der Waals surface area (Å²) in [5.41, 5.74) is 9.64. The molecule has 0 spiro atoms. The summed E-state index contributed by atoms with van der Waals surface area (Å²) in [4.78, 5) is 2.36. The van der Waals surface area contributed by atoms with Gasteiger partial charge in [0, 0.05) is 47.1 Å². The van der Waals surface area contributed by atoms with Crippen LogP contribution < -0.4 is 4.90 Å². The molecule has 0 amide bonds. The second-order valence-electron chi connectivity index (χ2n) is 12.7. The highest BCUT2D eigenvalue weighted by atomic mass is 16.5. The maximum atomic E-state index is 5.63. The molecule has 1 unspecified atom stereocenters. The molecule has 0 bridgehead atoms. The Kier molecular flexibility index (Phi) is 5.85. The lowest BCUT2D eigenvalue weighted by molar-refractivity contribution is -0.401. The number of aromatic nitrogens is 1. The van der Waals surface area contributed by atoms with E-state index < -0.39 is 0 Å². The summed E-state index contributed by atoms with van der Waals surface area (Å²) in [7, 11) is 4.40. The number of nitrogens with zero attached hydrogens (tertiary/aromatic N) is 3. The molecule has 0 N–H and O–H groups in total. The zero-order chi connectivity index (χ0) is 29.4. The minimum absolute atomic E-state index is 0.124. The molecule has 7 rings (SSSR count). The summed E-state index contributed by atoms with van der Waals surface area (Å²) in [6.07, 6.45) is 7.71. The first kappa shape index (κ1) is 26.5. The van der Waals surface area contributed by atoms with Gasteiger partial charge in [0.25, 0.3) is 0 Å². The number of benzene rings is 4. The van der Waals surface area contributed by atoms with Gasteiger partial charge in [-0.1, -0.05) is 79.7 Å². The van der Waals surface area contributed by atoms with Crippen molar-refractivity contribution in [2.75, 3.05) is 19.0 Å².